The first-order valence-electron chi connectivity index (χ1n) is 17.4. The van der Waals surface area contributed by atoms with Gasteiger partial charge in [0.2, 0.25) is 0 Å². The molecule has 0 fully saturated rings. The molecule has 7 nitrogen and oxygen atoms in total. The predicted molar refractivity (Wildman–Crippen MR) is 194 cm³/mol. The van der Waals surface area contributed by atoms with E-state index in [2.05, 4.69) is 13.8 Å². The van der Waals surface area contributed by atoms with Crippen molar-refractivity contribution in [2.24, 2.45) is 10.8 Å². The molecule has 0 aliphatic heterocycles. The number of rotatable bonds is 15. The molecule has 7 N–H and O–H groups in total. The van der Waals surface area contributed by atoms with Crippen molar-refractivity contribution in [3.05, 3.63) is 72.8 Å². The predicted octanol–water partition coefficient (Wildman–Crippen LogP) is 10.1. The van der Waals surface area contributed by atoms with E-state index in [0.717, 1.165) is 12.8 Å². The van der Waals surface area contributed by atoms with Crippen molar-refractivity contribution >= 4 is 24.8 Å². The van der Waals surface area contributed by atoms with E-state index in [1.165, 1.54) is 0 Å². The van der Waals surface area contributed by atoms with Gasteiger partial charge in [-0.05, 0) is 0 Å². The van der Waals surface area contributed by atoms with E-state index in [-0.39, 0.29) is 32.4 Å². The van der Waals surface area contributed by atoms with Crippen molar-refractivity contribution in [3.63, 3.8) is 0 Å². The van der Waals surface area contributed by atoms with Gasteiger partial charge in [0, 0.05) is 0 Å². The fourth-order valence-corrected chi connectivity index (χ4v) is 47.0. The van der Waals surface area contributed by atoms with Crippen LogP contribution in [0.3, 0.4) is 0 Å². The minimum atomic E-state index is -9.60. The van der Waals surface area contributed by atoms with Crippen LogP contribution in [0, 0.1) is 10.8 Å². The molecule has 0 aliphatic carbocycles. The fraction of sp³-hybridized carbons (Fsp3) is 0.526. The van der Waals surface area contributed by atoms with E-state index in [1.807, 2.05) is 53.7 Å². The molecule has 258 valence electrons. The number of nitrogen functional groups attached to an aromatic ring is 3. The molecule has 0 saturated heterocycles. The summed E-state index contributed by atoms with van der Waals surface area (Å²) >= 11 is 0. The molecule has 46 heavy (non-hydrogen) atoms. The molecule has 0 aliphatic rings. The van der Waals surface area contributed by atoms with Gasteiger partial charge in [-0.3, -0.25) is 0 Å². The number of hydrogen-bond acceptors (Lipinski definition) is 7. The Morgan fingerprint density at radius 3 is 1.35 bits per heavy atom. The molecular formula is C38H63N3O4Ti. The average Bonchev–Trinajstić information content (AvgIpc) is 2.93. The van der Waals surface area contributed by atoms with Crippen molar-refractivity contribution in [2.75, 3.05) is 17.2 Å². The summed E-state index contributed by atoms with van der Waals surface area (Å²) in [6.45, 7) is 16.4. The van der Waals surface area contributed by atoms with Crippen LogP contribution >= 0.6 is 0 Å². The summed E-state index contributed by atoms with van der Waals surface area (Å²) in [5.41, 5.74) is 19.5. The molecule has 3 aromatic carbocycles. The second-order valence-electron chi connectivity index (χ2n) is 19.0. The number of anilines is 3. The van der Waals surface area contributed by atoms with Crippen LogP contribution in [0.2, 0.25) is 18.9 Å². The van der Waals surface area contributed by atoms with Gasteiger partial charge in [0.25, 0.3) is 0 Å². The van der Waals surface area contributed by atoms with E-state index in [4.69, 9.17) is 24.0 Å². The first kappa shape index (κ1) is 37.7. The van der Waals surface area contributed by atoms with Crippen LogP contribution in [0.1, 0.15) is 93.9 Å². The molecule has 0 aromatic heterocycles. The maximum atomic E-state index is 20.4. The fourth-order valence-electron chi connectivity index (χ4n) is 12.8. The first-order chi connectivity index (χ1) is 21.0. The summed E-state index contributed by atoms with van der Waals surface area (Å²) in [4.78, 5) is 0. The summed E-state index contributed by atoms with van der Waals surface area (Å²) in [6, 6.07) is 21.2. The molecule has 0 saturated carbocycles. The standard InChI is InChI=1S/C6H7NO.2C6H6N.4C5H11.H2O2.O.Ti/c7-5-2-1-3-6(8)4-5;2*7-6-4-2-1-3-5-6;2*1-5(2,3)4;2*1-3-5-4-2;1-2;;/h1-4,8H,7H2;2*1-2,4-5H,7H2;2*1H2,2-4H3;2*1,3-5H2,2H3;1-2H;;/q;;;;;;;;;+2/p-2. The van der Waals surface area contributed by atoms with E-state index in [0.29, 0.717) is 42.7 Å². The van der Waals surface area contributed by atoms with E-state index in [1.54, 1.807) is 60.7 Å². The van der Waals surface area contributed by atoms with Gasteiger partial charge in [0.1, 0.15) is 0 Å². The Balaban J connectivity index is 3.24. The van der Waals surface area contributed by atoms with Crippen molar-refractivity contribution in [1.29, 1.82) is 0 Å². The Bertz CT molecular complexity index is 1740. The topological polar surface area (TPSA) is 134 Å². The molecule has 0 bridgehead atoms. The van der Waals surface area contributed by atoms with Crippen LogP contribution < -0.4 is 28.3 Å². The van der Waals surface area contributed by atoms with Crippen LogP contribution in [0.5, 0.6) is 5.75 Å². The Morgan fingerprint density at radius 1 is 0.630 bits per heavy atom. The van der Waals surface area contributed by atoms with Crippen LogP contribution in [0.25, 0.3) is 0 Å². The molecule has 0 atom stereocenters. The van der Waals surface area contributed by atoms with Crippen molar-refractivity contribution in [3.8, 4) is 5.75 Å². The van der Waals surface area contributed by atoms with E-state index >= 15 is 3.32 Å². The Morgan fingerprint density at radius 2 is 1.02 bits per heavy atom. The molecule has 0 amide bonds. The molecule has 0 radical (unpaired) electrons. The van der Waals surface area contributed by atoms with Gasteiger partial charge in [-0.2, -0.15) is 0 Å². The zero-order chi connectivity index (χ0) is 34.8. The Hall–Kier alpha value is -2.71. The third-order valence-corrected chi connectivity index (χ3v) is 41.0. The van der Waals surface area contributed by atoms with Crippen LogP contribution in [0.4, 0.5) is 17.1 Å². The minimum absolute atomic E-state index is 0.149. The van der Waals surface area contributed by atoms with Gasteiger partial charge >= 0.3 is 270 Å². The molecule has 0 heterocycles. The second kappa shape index (κ2) is 9.46. The molecule has 3 rings (SSSR count). The van der Waals surface area contributed by atoms with Crippen molar-refractivity contribution in [1.82, 2.24) is 0 Å². The Kier molecular flexibility index (Phi) is 7.77. The summed E-state index contributed by atoms with van der Waals surface area (Å²) in [7, 11) is -9.60. The second-order valence-corrected chi connectivity index (χ2v) is 41.7. The summed E-state index contributed by atoms with van der Waals surface area (Å²) in [5, 5.41) is 13.0. The number of nitrogens with two attached hydrogens (primary N) is 3. The quantitative estimate of drug-likeness (QED) is 0.0415. The van der Waals surface area contributed by atoms with Gasteiger partial charge < -0.3 is 0 Å². The number of hydrogen-bond donors (Lipinski definition) is 4. The average molecular weight is 674 g/mol. The summed E-state index contributed by atoms with van der Waals surface area (Å²) in [6.07, 6.45) is 3.88. The van der Waals surface area contributed by atoms with E-state index < -0.39 is 21.8 Å². The third-order valence-electron chi connectivity index (χ3n) is 12.6. The van der Waals surface area contributed by atoms with Crippen molar-refractivity contribution < 1.29 is 26.3 Å². The summed E-state index contributed by atoms with van der Waals surface area (Å²) in [5.74, 6) is 0.235. The van der Waals surface area contributed by atoms with Gasteiger partial charge in [-0.1, -0.05) is 0 Å². The SMILES string of the molecule is CCCC[CH2][Ti](=[O])([CH2]CCCC)([CH2]C(C)(C)C)([CH2]C(C)(C)C)([O]O)([O]c1cccc(N)c1)([c]1cccc(N)c1)[c]1cccc(N)c1. The van der Waals surface area contributed by atoms with Gasteiger partial charge in [0.05, 0.1) is 0 Å². The Labute approximate surface area is 269 Å². The van der Waals surface area contributed by atoms with Gasteiger partial charge in [0.15, 0.2) is 0 Å². The molecule has 0 spiro atoms. The number of unbranched alkanes of at least 4 members (excludes halogenated alkanes) is 4. The molecule has 3 aromatic rings. The van der Waals surface area contributed by atoms with Gasteiger partial charge in [-0.15, -0.1) is 0 Å². The molecule has 0 unspecified atom stereocenters. The number of benzene rings is 3. The summed E-state index contributed by atoms with van der Waals surface area (Å²) < 4.78 is 35.1. The van der Waals surface area contributed by atoms with Crippen LogP contribution in [0.15, 0.2) is 72.8 Å². The van der Waals surface area contributed by atoms with Crippen LogP contribution in [-0.4, -0.2) is 5.26 Å². The third kappa shape index (κ3) is 4.56. The van der Waals surface area contributed by atoms with Crippen molar-refractivity contribution in [2.45, 2.75) is 113 Å². The van der Waals surface area contributed by atoms with Crippen LogP contribution in [-0.2, 0) is 17.7 Å². The zero-order valence-electron chi connectivity index (χ0n) is 29.9. The van der Waals surface area contributed by atoms with E-state index in [9.17, 15) is 5.26 Å². The first-order valence-corrected chi connectivity index (χ1v) is 25.3. The molecule has 8 heteroatoms. The normalized spacial score (nSPS) is 17.4. The monoisotopic (exact) mass is 673 g/mol. The maximum absolute atomic E-state index is 20.4. The van der Waals surface area contributed by atoms with Gasteiger partial charge in [-0.25, -0.2) is 0 Å². The zero-order valence-corrected chi connectivity index (χ0v) is 31.5. The molecular weight excluding hydrogens is 610 g/mol.